The molecule has 0 radical (unpaired) electrons. The summed E-state index contributed by atoms with van der Waals surface area (Å²) >= 11 is 3.34. The minimum Gasteiger partial charge on any atom is -0.506 e. The van der Waals surface area contributed by atoms with E-state index in [1.807, 2.05) is 6.07 Å². The number of ether oxygens (including phenoxy) is 1. The average molecular weight is 378 g/mol. The van der Waals surface area contributed by atoms with E-state index in [0.29, 0.717) is 22.9 Å². The van der Waals surface area contributed by atoms with Crippen molar-refractivity contribution in [3.8, 4) is 11.5 Å². The molecule has 2 aromatic rings. The first kappa shape index (κ1) is 17.3. The zero-order valence-electron chi connectivity index (χ0n) is 13.4. The van der Waals surface area contributed by atoms with Crippen LogP contribution in [0.4, 0.5) is 5.69 Å². The number of hydrogen-bond acceptors (Lipinski definition) is 3. The zero-order valence-corrected chi connectivity index (χ0v) is 15.0. The van der Waals surface area contributed by atoms with E-state index < -0.39 is 0 Å². The Morgan fingerprint density at radius 2 is 2.04 bits per heavy atom. The zero-order chi connectivity index (χ0) is 17.0. The summed E-state index contributed by atoms with van der Waals surface area (Å²) in [7, 11) is 1.51. The summed E-state index contributed by atoms with van der Waals surface area (Å²) in [6.07, 6.45) is 0.986. The second kappa shape index (κ2) is 7.51. The molecule has 1 atom stereocenters. The second-order valence-electron chi connectivity index (χ2n) is 5.38. The molecule has 0 aromatic heterocycles. The lowest BCUT2D eigenvalue weighted by molar-refractivity contribution is 0.102. The van der Waals surface area contributed by atoms with Crippen LogP contribution >= 0.6 is 15.9 Å². The lowest BCUT2D eigenvalue weighted by Crippen LogP contribution is -2.13. The van der Waals surface area contributed by atoms with Gasteiger partial charge in [-0.05, 0) is 48.2 Å². The van der Waals surface area contributed by atoms with Crippen molar-refractivity contribution in [3.63, 3.8) is 0 Å². The molecule has 1 amide bonds. The lowest BCUT2D eigenvalue weighted by atomic mass is 9.98. The highest BCUT2D eigenvalue weighted by Crippen LogP contribution is 2.30. The molecular weight excluding hydrogens is 358 g/mol. The third-order valence-corrected chi connectivity index (χ3v) is 4.35. The average Bonchev–Trinajstić information content (AvgIpc) is 2.55. The van der Waals surface area contributed by atoms with Crippen LogP contribution in [-0.2, 0) is 0 Å². The number of carbonyl (C=O) groups excluding carboxylic acids is 1. The molecule has 0 saturated heterocycles. The highest BCUT2D eigenvalue weighted by Gasteiger charge is 2.15. The molecule has 0 heterocycles. The highest BCUT2D eigenvalue weighted by molar-refractivity contribution is 9.10. The summed E-state index contributed by atoms with van der Waals surface area (Å²) in [6.45, 7) is 4.19. The fraction of sp³-hybridized carbons (Fsp3) is 0.278. The first-order valence-electron chi connectivity index (χ1n) is 7.44. The van der Waals surface area contributed by atoms with Crippen molar-refractivity contribution in [1.82, 2.24) is 0 Å². The molecular formula is C18H20BrNO3. The predicted molar refractivity (Wildman–Crippen MR) is 95.5 cm³/mol. The molecule has 0 spiro atoms. The van der Waals surface area contributed by atoms with Crippen molar-refractivity contribution < 1.29 is 14.6 Å². The molecule has 0 aliphatic carbocycles. The van der Waals surface area contributed by atoms with Gasteiger partial charge in [0, 0.05) is 4.47 Å². The van der Waals surface area contributed by atoms with Crippen molar-refractivity contribution in [1.29, 1.82) is 0 Å². The maximum atomic E-state index is 12.5. The fourth-order valence-electron chi connectivity index (χ4n) is 2.24. The van der Waals surface area contributed by atoms with E-state index >= 15 is 0 Å². The van der Waals surface area contributed by atoms with Crippen LogP contribution in [0.2, 0.25) is 0 Å². The molecule has 0 unspecified atom stereocenters. The summed E-state index contributed by atoms with van der Waals surface area (Å²) in [5.41, 5.74) is 1.82. The molecule has 0 saturated carbocycles. The molecule has 5 heteroatoms. The number of nitrogens with one attached hydrogen (secondary N) is 1. The molecule has 0 bridgehead atoms. The van der Waals surface area contributed by atoms with Crippen LogP contribution in [-0.4, -0.2) is 18.1 Å². The van der Waals surface area contributed by atoms with Gasteiger partial charge < -0.3 is 15.2 Å². The number of carbonyl (C=O) groups is 1. The van der Waals surface area contributed by atoms with E-state index in [1.54, 1.807) is 30.3 Å². The number of phenols is 1. The van der Waals surface area contributed by atoms with Crippen molar-refractivity contribution >= 4 is 27.5 Å². The van der Waals surface area contributed by atoms with Crippen LogP contribution in [0, 0.1) is 0 Å². The number of benzene rings is 2. The van der Waals surface area contributed by atoms with Gasteiger partial charge in [0.2, 0.25) is 0 Å². The molecule has 0 fully saturated rings. The second-order valence-corrected chi connectivity index (χ2v) is 6.30. The summed E-state index contributed by atoms with van der Waals surface area (Å²) in [4.78, 5) is 12.5. The summed E-state index contributed by atoms with van der Waals surface area (Å²) in [6, 6.07) is 10.5. The summed E-state index contributed by atoms with van der Waals surface area (Å²) < 4.78 is 5.99. The Morgan fingerprint density at radius 1 is 1.30 bits per heavy atom. The molecule has 4 nitrogen and oxygen atoms in total. The smallest absolute Gasteiger partial charge is 0.259 e. The molecule has 0 aliphatic heterocycles. The SMILES string of the molecule is CC[C@H](C)c1ccc(NC(=O)c2cc(Br)ccc2OC)c(O)c1. The van der Waals surface area contributed by atoms with E-state index in [0.717, 1.165) is 16.5 Å². The van der Waals surface area contributed by atoms with Crippen molar-refractivity contribution in [2.75, 3.05) is 12.4 Å². The fourth-order valence-corrected chi connectivity index (χ4v) is 2.60. The third-order valence-electron chi connectivity index (χ3n) is 3.86. The van der Waals surface area contributed by atoms with Crippen molar-refractivity contribution in [3.05, 3.63) is 52.0 Å². The Bertz CT molecular complexity index is 715. The van der Waals surface area contributed by atoms with Gasteiger partial charge in [-0.3, -0.25) is 4.79 Å². The van der Waals surface area contributed by atoms with Gasteiger partial charge in [-0.1, -0.05) is 35.8 Å². The Kier molecular flexibility index (Phi) is 5.66. The Morgan fingerprint density at radius 3 is 2.65 bits per heavy atom. The number of amides is 1. The van der Waals surface area contributed by atoms with Crippen LogP contribution in [0.15, 0.2) is 40.9 Å². The van der Waals surface area contributed by atoms with Crippen LogP contribution < -0.4 is 10.1 Å². The largest absolute Gasteiger partial charge is 0.506 e. The van der Waals surface area contributed by atoms with Gasteiger partial charge >= 0.3 is 0 Å². The van der Waals surface area contributed by atoms with Crippen LogP contribution in [0.25, 0.3) is 0 Å². The molecule has 23 heavy (non-hydrogen) atoms. The van der Waals surface area contributed by atoms with E-state index in [-0.39, 0.29) is 11.7 Å². The van der Waals surface area contributed by atoms with Gasteiger partial charge in [0.25, 0.3) is 5.91 Å². The number of anilines is 1. The van der Waals surface area contributed by atoms with Crippen LogP contribution in [0.3, 0.4) is 0 Å². The molecule has 2 aromatic carbocycles. The first-order chi connectivity index (χ1) is 11.0. The minimum absolute atomic E-state index is 0.0603. The molecule has 2 N–H and O–H groups in total. The maximum absolute atomic E-state index is 12.5. The van der Waals surface area contributed by atoms with Gasteiger partial charge in [-0.25, -0.2) is 0 Å². The molecule has 122 valence electrons. The monoisotopic (exact) mass is 377 g/mol. The normalized spacial score (nSPS) is 11.8. The Labute approximate surface area is 144 Å². The Hall–Kier alpha value is -2.01. The predicted octanol–water partition coefficient (Wildman–Crippen LogP) is 4.93. The number of methoxy groups -OCH3 is 1. The van der Waals surface area contributed by atoms with Crippen molar-refractivity contribution in [2.24, 2.45) is 0 Å². The van der Waals surface area contributed by atoms with E-state index in [9.17, 15) is 9.90 Å². The quantitative estimate of drug-likeness (QED) is 0.726. The van der Waals surface area contributed by atoms with Crippen LogP contribution in [0.5, 0.6) is 11.5 Å². The van der Waals surface area contributed by atoms with E-state index in [2.05, 4.69) is 35.1 Å². The van der Waals surface area contributed by atoms with Gasteiger partial charge in [-0.15, -0.1) is 0 Å². The van der Waals surface area contributed by atoms with Crippen molar-refractivity contribution in [2.45, 2.75) is 26.2 Å². The summed E-state index contributed by atoms with van der Waals surface area (Å²) in [5, 5.41) is 12.9. The maximum Gasteiger partial charge on any atom is 0.259 e. The number of halogens is 1. The first-order valence-corrected chi connectivity index (χ1v) is 8.23. The number of rotatable bonds is 5. The van der Waals surface area contributed by atoms with Gasteiger partial charge in [0.05, 0.1) is 18.4 Å². The number of hydrogen-bond donors (Lipinski definition) is 2. The standard InChI is InChI=1S/C18H20BrNO3/c1-4-11(2)12-5-7-15(16(21)9-12)20-18(22)14-10-13(19)6-8-17(14)23-3/h5-11,21H,4H2,1-3H3,(H,20,22)/t11-/m0/s1. The van der Waals surface area contributed by atoms with E-state index in [4.69, 9.17) is 4.74 Å². The highest BCUT2D eigenvalue weighted by atomic mass is 79.9. The van der Waals surface area contributed by atoms with Gasteiger partial charge in [-0.2, -0.15) is 0 Å². The van der Waals surface area contributed by atoms with Gasteiger partial charge in [0.15, 0.2) is 0 Å². The minimum atomic E-state index is -0.338. The van der Waals surface area contributed by atoms with Gasteiger partial charge in [0.1, 0.15) is 11.5 Å². The molecule has 2 rings (SSSR count). The van der Waals surface area contributed by atoms with E-state index in [1.165, 1.54) is 7.11 Å². The van der Waals surface area contributed by atoms with Crippen LogP contribution in [0.1, 0.15) is 42.1 Å². The topological polar surface area (TPSA) is 58.6 Å². The lowest BCUT2D eigenvalue weighted by Gasteiger charge is -2.13. The number of aromatic hydroxyl groups is 1. The number of phenolic OH excluding ortho intramolecular Hbond substituents is 1. The molecule has 0 aliphatic rings. The summed E-state index contributed by atoms with van der Waals surface area (Å²) in [5.74, 6) is 0.553. The third kappa shape index (κ3) is 4.05. The Balaban J connectivity index is 2.25.